The zero-order valence-corrected chi connectivity index (χ0v) is 19.8. The number of thiocarbonyl (C=S) groups is 1. The number of hydrogen-bond acceptors (Lipinski definition) is 8. The van der Waals surface area contributed by atoms with Crippen molar-refractivity contribution in [3.05, 3.63) is 40.2 Å². The van der Waals surface area contributed by atoms with E-state index >= 15 is 0 Å². The molecule has 0 bridgehead atoms. The molecule has 2 aromatic rings. The summed E-state index contributed by atoms with van der Waals surface area (Å²) in [5.74, 6) is -0.884. The number of anilines is 1. The van der Waals surface area contributed by atoms with Gasteiger partial charge >= 0.3 is 11.9 Å². The van der Waals surface area contributed by atoms with Crippen LogP contribution in [0.5, 0.6) is 0 Å². The van der Waals surface area contributed by atoms with E-state index in [-0.39, 0.29) is 24.7 Å². The fourth-order valence-corrected chi connectivity index (χ4v) is 4.72. The Morgan fingerprint density at radius 1 is 1.09 bits per heavy atom. The average molecular weight is 480 g/mol. The molecule has 1 N–H and O–H groups in total. The summed E-state index contributed by atoms with van der Waals surface area (Å²) in [6.07, 6.45) is 1.47. The Morgan fingerprint density at radius 2 is 1.72 bits per heavy atom. The van der Waals surface area contributed by atoms with Gasteiger partial charge < -0.3 is 29.0 Å². The summed E-state index contributed by atoms with van der Waals surface area (Å²) < 4.78 is 15.5. The average Bonchev–Trinajstić information content (AvgIpc) is 3.42. The van der Waals surface area contributed by atoms with Crippen molar-refractivity contribution in [2.24, 2.45) is 0 Å². The second kappa shape index (κ2) is 10.6. The fourth-order valence-electron chi connectivity index (χ4n) is 3.29. The van der Waals surface area contributed by atoms with Gasteiger partial charge in [0.05, 0.1) is 25.0 Å². The first-order valence-electron chi connectivity index (χ1n) is 10.2. The predicted molar refractivity (Wildman–Crippen MR) is 123 cm³/mol. The number of amides is 1. The van der Waals surface area contributed by atoms with Gasteiger partial charge in [0.25, 0.3) is 5.91 Å². The van der Waals surface area contributed by atoms with E-state index in [4.69, 9.17) is 26.1 Å². The maximum Gasteiger partial charge on any atom is 0.348 e. The Kier molecular flexibility index (Phi) is 7.86. The quantitative estimate of drug-likeness (QED) is 0.494. The molecule has 3 rings (SSSR count). The molecule has 2 aromatic heterocycles. The van der Waals surface area contributed by atoms with Crippen molar-refractivity contribution in [1.82, 2.24) is 9.80 Å². The maximum absolute atomic E-state index is 12.6. The number of carbonyl (C=O) groups is 3. The number of furan rings is 1. The van der Waals surface area contributed by atoms with Gasteiger partial charge in [0.2, 0.25) is 0 Å². The molecule has 0 atom stereocenters. The lowest BCUT2D eigenvalue weighted by Crippen LogP contribution is -2.51. The van der Waals surface area contributed by atoms with Crippen molar-refractivity contribution < 1.29 is 28.3 Å². The molecule has 0 radical (unpaired) electrons. The molecule has 0 spiro atoms. The van der Waals surface area contributed by atoms with Crippen LogP contribution in [0.3, 0.4) is 0 Å². The summed E-state index contributed by atoms with van der Waals surface area (Å²) in [5.41, 5.74) is 0.764. The van der Waals surface area contributed by atoms with Crippen LogP contribution in [0.4, 0.5) is 5.00 Å². The largest absolute Gasteiger partial charge is 0.462 e. The van der Waals surface area contributed by atoms with E-state index in [0.29, 0.717) is 52.5 Å². The van der Waals surface area contributed by atoms with Crippen LogP contribution in [-0.4, -0.2) is 72.2 Å². The molecular formula is C21H25N3O6S2. The molecule has 32 heavy (non-hydrogen) atoms. The van der Waals surface area contributed by atoms with Gasteiger partial charge in [-0.3, -0.25) is 4.79 Å². The van der Waals surface area contributed by atoms with Crippen LogP contribution in [0.1, 0.15) is 50.0 Å². The summed E-state index contributed by atoms with van der Waals surface area (Å²) in [4.78, 5) is 41.2. The van der Waals surface area contributed by atoms with Crippen molar-refractivity contribution in [2.45, 2.75) is 20.8 Å². The minimum absolute atomic E-state index is 0.161. The van der Waals surface area contributed by atoms with Crippen LogP contribution in [-0.2, 0) is 9.47 Å². The number of carbonyl (C=O) groups excluding carboxylic acids is 3. The third kappa shape index (κ3) is 5.10. The highest BCUT2D eigenvalue weighted by molar-refractivity contribution is 7.80. The first kappa shape index (κ1) is 23.7. The SMILES string of the molecule is CCOC(=O)c1sc(NC(=S)N2CCN(C(=O)c3ccco3)CC2)c(C(=O)OCC)c1C. The van der Waals surface area contributed by atoms with Crippen molar-refractivity contribution in [3.63, 3.8) is 0 Å². The van der Waals surface area contributed by atoms with E-state index in [0.717, 1.165) is 11.3 Å². The highest BCUT2D eigenvalue weighted by Crippen LogP contribution is 2.34. The van der Waals surface area contributed by atoms with Crippen molar-refractivity contribution in [2.75, 3.05) is 44.7 Å². The molecule has 0 aliphatic carbocycles. The topological polar surface area (TPSA) is 101 Å². The summed E-state index contributed by atoms with van der Waals surface area (Å²) in [6.45, 7) is 7.54. The molecule has 0 unspecified atom stereocenters. The van der Waals surface area contributed by atoms with E-state index in [1.165, 1.54) is 6.26 Å². The van der Waals surface area contributed by atoms with Crippen molar-refractivity contribution >= 4 is 51.5 Å². The van der Waals surface area contributed by atoms with Gasteiger partial charge in [0.15, 0.2) is 10.9 Å². The zero-order chi connectivity index (χ0) is 23.3. The van der Waals surface area contributed by atoms with Crippen LogP contribution >= 0.6 is 23.6 Å². The first-order valence-corrected chi connectivity index (χ1v) is 11.5. The zero-order valence-electron chi connectivity index (χ0n) is 18.1. The van der Waals surface area contributed by atoms with Gasteiger partial charge in [-0.1, -0.05) is 0 Å². The smallest absolute Gasteiger partial charge is 0.348 e. The van der Waals surface area contributed by atoms with Crippen LogP contribution in [0.25, 0.3) is 0 Å². The van der Waals surface area contributed by atoms with Gasteiger partial charge in [-0.25, -0.2) is 9.59 Å². The Hall–Kier alpha value is -2.92. The Balaban J connectivity index is 1.71. The summed E-state index contributed by atoms with van der Waals surface area (Å²) in [5, 5.41) is 3.93. The number of esters is 2. The summed E-state index contributed by atoms with van der Waals surface area (Å²) in [7, 11) is 0. The lowest BCUT2D eigenvalue weighted by atomic mass is 10.1. The standard InChI is InChI=1S/C21H25N3O6S2/c1-4-28-19(26)15-13(3)16(20(27)29-5-2)32-17(15)22-21(31)24-10-8-23(9-11-24)18(25)14-7-6-12-30-14/h6-7,12H,4-5,8-11H2,1-3H3,(H,22,31). The number of nitrogens with one attached hydrogen (secondary N) is 1. The van der Waals surface area contributed by atoms with E-state index in [1.807, 2.05) is 4.90 Å². The van der Waals surface area contributed by atoms with E-state index in [2.05, 4.69) is 5.32 Å². The molecule has 9 nitrogen and oxygen atoms in total. The number of rotatable bonds is 6. The van der Waals surface area contributed by atoms with Gasteiger partial charge in [-0.15, -0.1) is 11.3 Å². The molecule has 1 fully saturated rings. The Morgan fingerprint density at radius 3 is 2.31 bits per heavy atom. The molecule has 11 heteroatoms. The minimum atomic E-state index is -0.532. The van der Waals surface area contributed by atoms with E-state index < -0.39 is 11.9 Å². The van der Waals surface area contributed by atoms with Crippen molar-refractivity contribution in [3.8, 4) is 0 Å². The van der Waals surface area contributed by atoms with Gasteiger partial charge in [0, 0.05) is 26.2 Å². The molecule has 1 aliphatic heterocycles. The van der Waals surface area contributed by atoms with Gasteiger partial charge in [0.1, 0.15) is 9.88 Å². The second-order valence-corrected chi connectivity index (χ2v) is 8.30. The summed E-state index contributed by atoms with van der Waals surface area (Å²) >= 11 is 6.66. The summed E-state index contributed by atoms with van der Waals surface area (Å²) in [6, 6.07) is 3.31. The number of nitrogens with zero attached hydrogens (tertiary/aromatic N) is 2. The monoisotopic (exact) mass is 479 g/mol. The normalized spacial score (nSPS) is 13.6. The third-order valence-electron chi connectivity index (χ3n) is 4.89. The number of piperazine rings is 1. The minimum Gasteiger partial charge on any atom is -0.462 e. The van der Waals surface area contributed by atoms with E-state index in [1.54, 1.807) is 37.8 Å². The molecule has 1 aliphatic rings. The lowest BCUT2D eigenvalue weighted by Gasteiger charge is -2.35. The maximum atomic E-state index is 12.6. The van der Waals surface area contributed by atoms with Gasteiger partial charge in [-0.2, -0.15) is 0 Å². The van der Waals surface area contributed by atoms with Gasteiger partial charge in [-0.05, 0) is 50.7 Å². The fraction of sp³-hybridized carbons (Fsp3) is 0.429. The predicted octanol–water partition coefficient (Wildman–Crippen LogP) is 3.16. The van der Waals surface area contributed by atoms with Crippen LogP contribution in [0.15, 0.2) is 22.8 Å². The van der Waals surface area contributed by atoms with Crippen LogP contribution in [0.2, 0.25) is 0 Å². The molecule has 3 heterocycles. The van der Waals surface area contributed by atoms with Crippen molar-refractivity contribution in [1.29, 1.82) is 0 Å². The third-order valence-corrected chi connectivity index (χ3v) is 6.44. The van der Waals surface area contributed by atoms with Crippen LogP contribution in [0, 0.1) is 6.92 Å². The highest BCUT2D eigenvalue weighted by Gasteiger charge is 2.29. The molecule has 0 saturated carbocycles. The van der Waals surface area contributed by atoms with Crippen LogP contribution < -0.4 is 5.32 Å². The second-order valence-electron chi connectivity index (χ2n) is 6.89. The molecule has 0 aromatic carbocycles. The molecule has 172 valence electrons. The van der Waals surface area contributed by atoms with E-state index in [9.17, 15) is 14.4 Å². The number of hydrogen-bond donors (Lipinski definition) is 1. The molecule has 1 saturated heterocycles. The molecular weight excluding hydrogens is 454 g/mol. The Bertz CT molecular complexity index is 994. The number of thiophene rings is 1. The number of ether oxygens (including phenoxy) is 2. The molecule has 1 amide bonds. The first-order chi connectivity index (χ1) is 15.4. The highest BCUT2D eigenvalue weighted by atomic mass is 32.1. The Labute approximate surface area is 195 Å². The lowest BCUT2D eigenvalue weighted by molar-refractivity contribution is 0.0526.